The lowest BCUT2D eigenvalue weighted by Crippen LogP contribution is -2.23. The molecule has 0 aliphatic heterocycles. The van der Waals surface area contributed by atoms with Gasteiger partial charge in [-0.2, -0.15) is 0 Å². The largest absolute Gasteiger partial charge is 0.390 e. The van der Waals surface area contributed by atoms with Gasteiger partial charge in [-0.25, -0.2) is 9.97 Å². The van der Waals surface area contributed by atoms with Crippen LogP contribution in [0, 0.1) is 6.92 Å². The molecule has 0 aliphatic carbocycles. The van der Waals surface area contributed by atoms with Gasteiger partial charge in [-0.15, -0.1) is 11.3 Å². The number of aromatic nitrogens is 2. The maximum absolute atomic E-state index is 9.14. The van der Waals surface area contributed by atoms with Crippen LogP contribution in [0.3, 0.4) is 0 Å². The van der Waals surface area contributed by atoms with Crippen LogP contribution in [0.4, 0.5) is 5.95 Å². The molecule has 0 amide bonds. The summed E-state index contributed by atoms with van der Waals surface area (Å²) >= 11 is 1.76. The van der Waals surface area contributed by atoms with Crippen molar-refractivity contribution >= 4 is 17.3 Å². The topological polar surface area (TPSA) is 49.3 Å². The van der Waals surface area contributed by atoms with Crippen LogP contribution in [-0.2, 0) is 13.0 Å². The molecule has 96 valence electrons. The highest BCUT2D eigenvalue weighted by atomic mass is 32.1. The summed E-state index contributed by atoms with van der Waals surface area (Å²) in [5.74, 6) is 0.676. The van der Waals surface area contributed by atoms with Crippen molar-refractivity contribution in [1.29, 1.82) is 0 Å². The van der Waals surface area contributed by atoms with Crippen molar-refractivity contribution in [3.63, 3.8) is 0 Å². The van der Waals surface area contributed by atoms with Crippen molar-refractivity contribution in [2.75, 3.05) is 18.5 Å². The highest BCUT2D eigenvalue weighted by molar-refractivity contribution is 7.09. The van der Waals surface area contributed by atoms with Crippen molar-refractivity contribution in [2.24, 2.45) is 0 Å². The van der Waals surface area contributed by atoms with Crippen LogP contribution < -0.4 is 4.90 Å². The Morgan fingerprint density at radius 2 is 2.22 bits per heavy atom. The molecular weight excluding hydrogens is 246 g/mol. The first kappa shape index (κ1) is 13.0. The number of hydrogen-bond acceptors (Lipinski definition) is 5. The highest BCUT2D eigenvalue weighted by Gasteiger charge is 2.07. The van der Waals surface area contributed by atoms with E-state index in [-0.39, 0.29) is 6.61 Å². The van der Waals surface area contributed by atoms with Crippen LogP contribution in [0.5, 0.6) is 0 Å². The summed E-state index contributed by atoms with van der Waals surface area (Å²) in [6.45, 7) is 2.74. The van der Waals surface area contributed by atoms with Crippen LogP contribution in [0.25, 0.3) is 0 Å². The third kappa shape index (κ3) is 3.27. The van der Waals surface area contributed by atoms with E-state index in [1.165, 1.54) is 4.88 Å². The van der Waals surface area contributed by atoms with Crippen molar-refractivity contribution in [1.82, 2.24) is 9.97 Å². The predicted molar refractivity (Wildman–Crippen MR) is 74.0 cm³/mol. The fourth-order valence-corrected chi connectivity index (χ4v) is 2.40. The first-order valence-electron chi connectivity index (χ1n) is 5.88. The van der Waals surface area contributed by atoms with E-state index in [2.05, 4.69) is 27.5 Å². The monoisotopic (exact) mass is 263 g/mol. The van der Waals surface area contributed by atoms with Gasteiger partial charge in [-0.05, 0) is 30.9 Å². The van der Waals surface area contributed by atoms with E-state index in [9.17, 15) is 0 Å². The Labute approximate surface area is 111 Å². The molecule has 0 radical (unpaired) electrons. The molecule has 4 nitrogen and oxygen atoms in total. The van der Waals surface area contributed by atoms with E-state index >= 15 is 0 Å². The first-order chi connectivity index (χ1) is 8.69. The number of aliphatic hydroxyl groups excluding tert-OH is 1. The molecule has 0 spiro atoms. The SMILES string of the molecule is Cc1cc(CO)nc(N(C)CCc2cccs2)n1. The second-order valence-electron chi connectivity index (χ2n) is 4.21. The van der Waals surface area contributed by atoms with E-state index in [0.717, 1.165) is 18.7 Å². The van der Waals surface area contributed by atoms with Gasteiger partial charge >= 0.3 is 0 Å². The van der Waals surface area contributed by atoms with Gasteiger partial charge < -0.3 is 10.0 Å². The number of anilines is 1. The maximum Gasteiger partial charge on any atom is 0.225 e. The Hall–Kier alpha value is -1.46. The van der Waals surface area contributed by atoms with Gasteiger partial charge in [-0.1, -0.05) is 6.07 Å². The second kappa shape index (κ2) is 5.93. The molecule has 0 unspecified atom stereocenters. The molecule has 2 heterocycles. The third-order valence-corrected chi connectivity index (χ3v) is 3.61. The molecule has 18 heavy (non-hydrogen) atoms. The maximum atomic E-state index is 9.14. The first-order valence-corrected chi connectivity index (χ1v) is 6.76. The van der Waals surface area contributed by atoms with E-state index in [1.807, 2.05) is 18.9 Å². The molecule has 0 bridgehead atoms. The predicted octanol–water partition coefficient (Wildman–Crippen LogP) is 2.02. The Bertz CT molecular complexity index is 499. The number of aliphatic hydroxyl groups is 1. The van der Waals surface area contributed by atoms with Gasteiger partial charge in [0.05, 0.1) is 12.3 Å². The molecule has 0 saturated heterocycles. The number of thiophene rings is 1. The quantitative estimate of drug-likeness (QED) is 0.896. The van der Waals surface area contributed by atoms with Gasteiger partial charge in [0.25, 0.3) is 0 Å². The van der Waals surface area contributed by atoms with Gasteiger partial charge in [0.15, 0.2) is 0 Å². The number of nitrogens with zero attached hydrogens (tertiary/aromatic N) is 3. The van der Waals surface area contributed by atoms with Gasteiger partial charge in [-0.3, -0.25) is 0 Å². The molecule has 0 atom stereocenters. The van der Waals surface area contributed by atoms with Gasteiger partial charge in [0.2, 0.25) is 5.95 Å². The van der Waals surface area contributed by atoms with E-state index in [1.54, 1.807) is 17.4 Å². The molecule has 2 aromatic heterocycles. The standard InChI is InChI=1S/C13H17N3OS/c1-10-8-11(9-17)15-13(14-10)16(2)6-5-12-4-3-7-18-12/h3-4,7-8,17H,5-6,9H2,1-2H3. The fraction of sp³-hybridized carbons (Fsp3) is 0.385. The summed E-state index contributed by atoms with van der Waals surface area (Å²) in [6.07, 6.45) is 0.986. The Balaban J connectivity index is 2.03. The highest BCUT2D eigenvalue weighted by Crippen LogP contribution is 2.13. The van der Waals surface area contributed by atoms with Crippen LogP contribution in [0.15, 0.2) is 23.6 Å². The minimum Gasteiger partial charge on any atom is -0.390 e. The van der Waals surface area contributed by atoms with Gasteiger partial charge in [0, 0.05) is 24.2 Å². The smallest absolute Gasteiger partial charge is 0.225 e. The van der Waals surface area contributed by atoms with Crippen LogP contribution in [-0.4, -0.2) is 28.7 Å². The van der Waals surface area contributed by atoms with E-state index in [4.69, 9.17) is 5.11 Å². The minimum absolute atomic E-state index is 0.0465. The summed E-state index contributed by atoms with van der Waals surface area (Å²) in [4.78, 5) is 12.1. The Kier molecular flexibility index (Phi) is 4.28. The zero-order chi connectivity index (χ0) is 13.0. The lowest BCUT2D eigenvalue weighted by atomic mass is 10.3. The molecule has 1 N–H and O–H groups in total. The summed E-state index contributed by atoms with van der Waals surface area (Å²) in [5, 5.41) is 11.2. The molecule has 0 saturated carbocycles. The normalized spacial score (nSPS) is 10.6. The summed E-state index contributed by atoms with van der Waals surface area (Å²) in [7, 11) is 1.98. The van der Waals surface area contributed by atoms with Crippen molar-refractivity contribution in [3.8, 4) is 0 Å². The van der Waals surface area contributed by atoms with Crippen molar-refractivity contribution < 1.29 is 5.11 Å². The summed E-state index contributed by atoms with van der Waals surface area (Å²) in [5.41, 5.74) is 1.55. The number of aryl methyl sites for hydroxylation is 1. The molecule has 0 aliphatic rings. The van der Waals surface area contributed by atoms with Gasteiger partial charge in [0.1, 0.15) is 0 Å². The summed E-state index contributed by atoms with van der Waals surface area (Å²) < 4.78 is 0. The minimum atomic E-state index is -0.0465. The van der Waals surface area contributed by atoms with Crippen LogP contribution in [0.2, 0.25) is 0 Å². The molecular formula is C13H17N3OS. The zero-order valence-electron chi connectivity index (χ0n) is 10.6. The average molecular weight is 263 g/mol. The fourth-order valence-electron chi connectivity index (χ4n) is 1.70. The number of rotatable bonds is 5. The van der Waals surface area contributed by atoms with Crippen molar-refractivity contribution in [3.05, 3.63) is 39.8 Å². The Morgan fingerprint density at radius 1 is 1.39 bits per heavy atom. The van der Waals surface area contributed by atoms with E-state index < -0.39 is 0 Å². The lowest BCUT2D eigenvalue weighted by Gasteiger charge is -2.17. The molecule has 2 aromatic rings. The molecule has 0 aromatic carbocycles. The Morgan fingerprint density at radius 3 is 2.89 bits per heavy atom. The third-order valence-electron chi connectivity index (χ3n) is 2.67. The van der Waals surface area contributed by atoms with Crippen LogP contribution in [0.1, 0.15) is 16.3 Å². The molecule has 2 rings (SSSR count). The van der Waals surface area contributed by atoms with E-state index in [0.29, 0.717) is 11.6 Å². The lowest BCUT2D eigenvalue weighted by molar-refractivity contribution is 0.276. The molecule has 0 fully saturated rings. The summed E-state index contributed by atoms with van der Waals surface area (Å²) in [6, 6.07) is 6.00. The molecule has 5 heteroatoms. The number of likely N-dealkylation sites (N-methyl/N-ethyl adjacent to an activating group) is 1. The zero-order valence-corrected chi connectivity index (χ0v) is 11.4. The number of hydrogen-bond donors (Lipinski definition) is 1. The average Bonchev–Trinajstić information content (AvgIpc) is 2.88. The second-order valence-corrected chi connectivity index (χ2v) is 5.24. The van der Waals surface area contributed by atoms with Crippen LogP contribution >= 0.6 is 11.3 Å². The van der Waals surface area contributed by atoms with Crippen molar-refractivity contribution in [2.45, 2.75) is 20.0 Å².